The molecule has 1 aliphatic rings. The number of rotatable bonds is 12. The van der Waals surface area contributed by atoms with Gasteiger partial charge in [0.25, 0.3) is 0 Å². The van der Waals surface area contributed by atoms with E-state index < -0.39 is 6.10 Å². The summed E-state index contributed by atoms with van der Waals surface area (Å²) in [5, 5.41) is 15.5. The van der Waals surface area contributed by atoms with Crippen molar-refractivity contribution in [2.75, 3.05) is 26.3 Å². The van der Waals surface area contributed by atoms with Crippen molar-refractivity contribution in [3.05, 3.63) is 66.0 Å². The maximum atomic E-state index is 13.9. The van der Waals surface area contributed by atoms with Crippen LogP contribution in [0.3, 0.4) is 0 Å². The van der Waals surface area contributed by atoms with Crippen molar-refractivity contribution in [1.29, 1.82) is 0 Å². The molecule has 8 heteroatoms. The molecule has 194 valence electrons. The summed E-state index contributed by atoms with van der Waals surface area (Å²) in [6.07, 6.45) is 1.51. The first-order chi connectivity index (χ1) is 17.4. The number of benzene rings is 2. The summed E-state index contributed by atoms with van der Waals surface area (Å²) in [6, 6.07) is 16.0. The SMILES string of the molecule is CC(C)OC[C@@H](O)CN(Cc1c(-c2ccccc2)nn(C)c1Oc1cccc(F)c1)C[C@H]1CCCO1. The zero-order valence-corrected chi connectivity index (χ0v) is 21.3. The first-order valence-electron chi connectivity index (χ1n) is 12.6. The monoisotopic (exact) mass is 497 g/mol. The van der Waals surface area contributed by atoms with E-state index in [1.165, 1.54) is 12.1 Å². The molecule has 4 rings (SSSR count). The van der Waals surface area contributed by atoms with Gasteiger partial charge in [0.2, 0.25) is 5.88 Å². The normalized spacial score (nSPS) is 16.7. The fourth-order valence-electron chi connectivity index (χ4n) is 4.45. The quantitative estimate of drug-likeness (QED) is 0.388. The summed E-state index contributed by atoms with van der Waals surface area (Å²) < 4.78 is 33.3. The van der Waals surface area contributed by atoms with Crippen molar-refractivity contribution >= 4 is 0 Å². The fourth-order valence-corrected chi connectivity index (χ4v) is 4.45. The number of ether oxygens (including phenoxy) is 3. The Bertz CT molecular complexity index is 1100. The molecule has 2 atom stereocenters. The average Bonchev–Trinajstić information content (AvgIpc) is 3.47. The van der Waals surface area contributed by atoms with Crippen molar-refractivity contribution in [2.24, 2.45) is 7.05 Å². The molecule has 1 aromatic heterocycles. The van der Waals surface area contributed by atoms with Crippen molar-refractivity contribution in [3.63, 3.8) is 0 Å². The number of nitrogens with zero attached hydrogens (tertiary/aromatic N) is 3. The van der Waals surface area contributed by atoms with E-state index in [4.69, 9.17) is 19.3 Å². The van der Waals surface area contributed by atoms with Crippen LogP contribution in [-0.2, 0) is 23.1 Å². The van der Waals surface area contributed by atoms with Crippen molar-refractivity contribution in [2.45, 2.75) is 51.5 Å². The first kappa shape index (κ1) is 26.3. The number of aliphatic hydroxyl groups excluding tert-OH is 1. The van der Waals surface area contributed by atoms with Gasteiger partial charge in [-0.1, -0.05) is 36.4 Å². The highest BCUT2D eigenvalue weighted by molar-refractivity contribution is 5.65. The van der Waals surface area contributed by atoms with E-state index in [-0.39, 0.29) is 24.6 Å². The van der Waals surface area contributed by atoms with Crippen LogP contribution in [0, 0.1) is 5.82 Å². The highest BCUT2D eigenvalue weighted by Gasteiger charge is 2.26. The second-order valence-corrected chi connectivity index (χ2v) is 9.55. The lowest BCUT2D eigenvalue weighted by Crippen LogP contribution is -2.39. The minimum atomic E-state index is -0.654. The predicted octanol–water partition coefficient (Wildman–Crippen LogP) is 4.79. The Kier molecular flexibility index (Phi) is 9.09. The van der Waals surface area contributed by atoms with Gasteiger partial charge in [-0.25, -0.2) is 9.07 Å². The van der Waals surface area contributed by atoms with Crippen LogP contribution >= 0.6 is 0 Å². The molecule has 0 bridgehead atoms. The average molecular weight is 498 g/mol. The first-order valence-corrected chi connectivity index (χ1v) is 12.6. The molecule has 1 fully saturated rings. The predicted molar refractivity (Wildman–Crippen MR) is 136 cm³/mol. The van der Waals surface area contributed by atoms with Gasteiger partial charge in [-0.2, -0.15) is 5.10 Å². The molecule has 36 heavy (non-hydrogen) atoms. The van der Waals surface area contributed by atoms with Gasteiger partial charge in [-0.05, 0) is 38.8 Å². The number of aliphatic hydroxyl groups is 1. The molecule has 0 saturated carbocycles. The Morgan fingerprint density at radius 2 is 2.00 bits per heavy atom. The van der Waals surface area contributed by atoms with Crippen LogP contribution in [0.15, 0.2) is 54.6 Å². The lowest BCUT2D eigenvalue weighted by atomic mass is 10.1. The van der Waals surface area contributed by atoms with Crippen LogP contribution in [0.5, 0.6) is 11.6 Å². The molecule has 1 saturated heterocycles. The van der Waals surface area contributed by atoms with Gasteiger partial charge in [0.1, 0.15) is 17.3 Å². The lowest BCUT2D eigenvalue weighted by molar-refractivity contribution is -0.0172. The zero-order valence-electron chi connectivity index (χ0n) is 21.3. The molecular formula is C28H36FN3O4. The van der Waals surface area contributed by atoms with E-state index in [1.807, 2.05) is 51.2 Å². The van der Waals surface area contributed by atoms with Gasteiger partial charge in [-0.15, -0.1) is 0 Å². The molecule has 3 aromatic rings. The molecule has 0 radical (unpaired) electrons. The number of aryl methyl sites for hydroxylation is 1. The second kappa shape index (κ2) is 12.5. The highest BCUT2D eigenvalue weighted by Crippen LogP contribution is 2.34. The number of aromatic nitrogens is 2. The summed E-state index contributed by atoms with van der Waals surface area (Å²) in [6.45, 7) is 6.47. The molecule has 0 amide bonds. The van der Waals surface area contributed by atoms with Crippen LogP contribution in [0.2, 0.25) is 0 Å². The highest BCUT2D eigenvalue weighted by atomic mass is 19.1. The fraction of sp³-hybridized carbons (Fsp3) is 0.464. The molecule has 0 unspecified atom stereocenters. The Labute approximate surface area is 212 Å². The number of halogens is 1. The molecule has 1 aliphatic heterocycles. The summed E-state index contributed by atoms with van der Waals surface area (Å²) in [4.78, 5) is 2.17. The largest absolute Gasteiger partial charge is 0.439 e. The van der Waals surface area contributed by atoms with E-state index in [9.17, 15) is 9.50 Å². The third-order valence-electron chi connectivity index (χ3n) is 6.10. The topological polar surface area (TPSA) is 69.0 Å². The Hall–Kier alpha value is -2.78. The van der Waals surface area contributed by atoms with Gasteiger partial charge < -0.3 is 19.3 Å². The molecule has 1 N–H and O–H groups in total. The van der Waals surface area contributed by atoms with Crippen LogP contribution in [0.1, 0.15) is 32.3 Å². The smallest absolute Gasteiger partial charge is 0.222 e. The summed E-state index contributed by atoms with van der Waals surface area (Å²) >= 11 is 0. The minimum absolute atomic E-state index is 0.0422. The number of hydrogen-bond acceptors (Lipinski definition) is 6. The third kappa shape index (κ3) is 7.13. The van der Waals surface area contributed by atoms with Crippen LogP contribution < -0.4 is 4.74 Å². The summed E-state index contributed by atoms with van der Waals surface area (Å²) in [5.41, 5.74) is 2.61. The summed E-state index contributed by atoms with van der Waals surface area (Å²) in [5.74, 6) is 0.562. The minimum Gasteiger partial charge on any atom is -0.439 e. The molecule has 2 aromatic carbocycles. The van der Waals surface area contributed by atoms with Gasteiger partial charge in [-0.3, -0.25) is 4.90 Å². The van der Waals surface area contributed by atoms with Gasteiger partial charge >= 0.3 is 0 Å². The molecule has 0 spiro atoms. The zero-order chi connectivity index (χ0) is 25.5. The van der Waals surface area contributed by atoms with Crippen LogP contribution in [-0.4, -0.2) is 64.4 Å². The number of hydrogen-bond donors (Lipinski definition) is 1. The third-order valence-corrected chi connectivity index (χ3v) is 6.10. The van der Waals surface area contributed by atoms with Crippen molar-refractivity contribution in [3.8, 4) is 22.9 Å². The van der Waals surface area contributed by atoms with E-state index in [0.29, 0.717) is 31.3 Å². The maximum Gasteiger partial charge on any atom is 0.222 e. The van der Waals surface area contributed by atoms with Crippen molar-refractivity contribution in [1.82, 2.24) is 14.7 Å². The van der Waals surface area contributed by atoms with E-state index in [0.717, 1.165) is 36.3 Å². The molecule has 7 nitrogen and oxygen atoms in total. The van der Waals surface area contributed by atoms with E-state index in [2.05, 4.69) is 4.90 Å². The maximum absolute atomic E-state index is 13.9. The Morgan fingerprint density at radius 3 is 2.69 bits per heavy atom. The van der Waals surface area contributed by atoms with Crippen LogP contribution in [0.25, 0.3) is 11.3 Å². The van der Waals surface area contributed by atoms with E-state index >= 15 is 0 Å². The van der Waals surface area contributed by atoms with Gasteiger partial charge in [0, 0.05) is 44.9 Å². The van der Waals surface area contributed by atoms with Crippen molar-refractivity contribution < 1.29 is 23.7 Å². The van der Waals surface area contributed by atoms with Gasteiger partial charge in [0.05, 0.1) is 30.5 Å². The standard InChI is InChI=1S/C28H36FN3O4/c1-20(2)35-19-23(33)16-32(17-25-13-8-14-34-25)18-26-27(21-9-5-4-6-10-21)30-31(3)28(26)36-24-12-7-11-22(29)15-24/h4-7,9-12,15,20,23,25,33H,8,13-14,16-19H2,1-3H3/t23-,25+/m0/s1. The molecule has 0 aliphatic carbocycles. The Balaban J connectivity index is 1.66. The molecule has 2 heterocycles. The second-order valence-electron chi connectivity index (χ2n) is 9.55. The van der Waals surface area contributed by atoms with Gasteiger partial charge in [0.15, 0.2) is 0 Å². The van der Waals surface area contributed by atoms with Crippen LogP contribution in [0.4, 0.5) is 4.39 Å². The lowest BCUT2D eigenvalue weighted by Gasteiger charge is -2.28. The molecular weight excluding hydrogens is 461 g/mol. The summed E-state index contributed by atoms with van der Waals surface area (Å²) in [7, 11) is 1.82. The Morgan fingerprint density at radius 1 is 1.19 bits per heavy atom. The van der Waals surface area contributed by atoms with E-state index in [1.54, 1.807) is 16.8 Å².